The first-order chi connectivity index (χ1) is 10.2. The van der Waals surface area contributed by atoms with Gasteiger partial charge in [-0.1, -0.05) is 12.1 Å². The van der Waals surface area contributed by atoms with Gasteiger partial charge in [-0.05, 0) is 43.0 Å². The summed E-state index contributed by atoms with van der Waals surface area (Å²) in [5.74, 6) is -0.281. The zero-order valence-electron chi connectivity index (χ0n) is 11.7. The number of allylic oxidation sites excluding steroid dienone is 1. The van der Waals surface area contributed by atoms with E-state index < -0.39 is 0 Å². The molecule has 0 unspecified atom stereocenters. The van der Waals surface area contributed by atoms with Crippen LogP contribution >= 0.6 is 11.8 Å². The average Bonchev–Trinajstić information content (AvgIpc) is 2.51. The Kier molecular flexibility index (Phi) is 4.96. The molecule has 0 bridgehead atoms. The molecule has 106 valence electrons. The van der Waals surface area contributed by atoms with E-state index in [9.17, 15) is 9.65 Å². The zero-order chi connectivity index (χ0) is 15.2. The summed E-state index contributed by atoms with van der Waals surface area (Å²) < 4.78 is 13.6. The van der Waals surface area contributed by atoms with E-state index in [1.165, 1.54) is 17.8 Å². The van der Waals surface area contributed by atoms with Crippen molar-refractivity contribution in [3.05, 3.63) is 64.7 Å². The highest BCUT2D eigenvalue weighted by Crippen LogP contribution is 2.26. The van der Waals surface area contributed by atoms with Gasteiger partial charge in [-0.3, -0.25) is 4.98 Å². The molecule has 0 atom stereocenters. The second-order valence-corrected chi connectivity index (χ2v) is 5.14. The van der Waals surface area contributed by atoms with Gasteiger partial charge in [0.2, 0.25) is 0 Å². The van der Waals surface area contributed by atoms with Crippen LogP contribution in [0.2, 0.25) is 0 Å². The molecule has 5 heteroatoms. The van der Waals surface area contributed by atoms with Crippen LogP contribution < -0.4 is 5.32 Å². The van der Waals surface area contributed by atoms with E-state index in [1.807, 2.05) is 12.3 Å². The number of anilines is 1. The van der Waals surface area contributed by atoms with Crippen LogP contribution in [0.1, 0.15) is 11.3 Å². The van der Waals surface area contributed by atoms with Gasteiger partial charge in [-0.2, -0.15) is 5.26 Å². The van der Waals surface area contributed by atoms with Crippen molar-refractivity contribution in [3.8, 4) is 6.07 Å². The maximum absolute atomic E-state index is 13.6. The van der Waals surface area contributed by atoms with Crippen LogP contribution in [0.25, 0.3) is 5.57 Å². The Morgan fingerprint density at radius 2 is 2.14 bits per heavy atom. The topological polar surface area (TPSA) is 48.7 Å². The maximum Gasteiger partial charge on any atom is 0.128 e. The highest BCUT2D eigenvalue weighted by molar-refractivity contribution is 8.02. The molecule has 21 heavy (non-hydrogen) atoms. The van der Waals surface area contributed by atoms with Gasteiger partial charge in [0, 0.05) is 11.9 Å². The number of aromatic nitrogens is 1. The van der Waals surface area contributed by atoms with Crippen LogP contribution in [0.15, 0.2) is 47.6 Å². The van der Waals surface area contributed by atoms with Crippen LogP contribution in [0, 0.1) is 24.1 Å². The average molecular weight is 299 g/mol. The van der Waals surface area contributed by atoms with E-state index in [0.29, 0.717) is 27.5 Å². The first kappa shape index (κ1) is 15.1. The van der Waals surface area contributed by atoms with Gasteiger partial charge in [-0.25, -0.2) is 4.39 Å². The van der Waals surface area contributed by atoms with E-state index in [2.05, 4.69) is 16.4 Å². The number of benzene rings is 1. The quantitative estimate of drug-likeness (QED) is 0.860. The van der Waals surface area contributed by atoms with Crippen molar-refractivity contribution in [2.75, 3.05) is 11.6 Å². The second kappa shape index (κ2) is 6.91. The van der Waals surface area contributed by atoms with Crippen molar-refractivity contribution in [3.63, 3.8) is 0 Å². The highest BCUT2D eigenvalue weighted by Gasteiger charge is 2.10. The van der Waals surface area contributed by atoms with Crippen LogP contribution in [-0.4, -0.2) is 11.2 Å². The minimum absolute atomic E-state index is 0.281. The molecule has 2 aromatic rings. The number of hydrogen-bond acceptors (Lipinski definition) is 4. The highest BCUT2D eigenvalue weighted by atomic mass is 32.2. The maximum atomic E-state index is 13.6. The van der Waals surface area contributed by atoms with E-state index in [-0.39, 0.29) is 5.82 Å². The summed E-state index contributed by atoms with van der Waals surface area (Å²) in [6, 6.07) is 12.4. The summed E-state index contributed by atoms with van der Waals surface area (Å²) in [4.78, 5) is 4.18. The molecule has 0 amide bonds. The third-order valence-corrected chi connectivity index (χ3v) is 3.61. The number of pyridine rings is 1. The van der Waals surface area contributed by atoms with Gasteiger partial charge in [0.25, 0.3) is 0 Å². The Labute approximate surface area is 127 Å². The number of halogens is 1. The monoisotopic (exact) mass is 299 g/mol. The molecule has 0 saturated heterocycles. The number of rotatable bonds is 4. The standard InChI is InChI=1S/C16H14FN3S/c1-11-6-7-12(9-14(11)17)20-16(21-2)13(10-18)15-5-3-4-8-19-15/h3-9,20H,1-2H3. The number of aryl methyl sites for hydroxylation is 1. The molecule has 0 spiro atoms. The van der Waals surface area contributed by atoms with Gasteiger partial charge in [-0.15, -0.1) is 11.8 Å². The van der Waals surface area contributed by atoms with Gasteiger partial charge >= 0.3 is 0 Å². The number of nitrogens with one attached hydrogen (secondary N) is 1. The van der Waals surface area contributed by atoms with Crippen molar-refractivity contribution in [2.45, 2.75) is 6.92 Å². The minimum Gasteiger partial charge on any atom is -0.349 e. The van der Waals surface area contributed by atoms with Crippen LogP contribution in [0.5, 0.6) is 0 Å². The van der Waals surface area contributed by atoms with E-state index in [1.54, 1.807) is 37.4 Å². The van der Waals surface area contributed by atoms with E-state index in [0.717, 1.165) is 0 Å². The molecule has 0 aliphatic rings. The zero-order valence-corrected chi connectivity index (χ0v) is 12.5. The molecule has 0 fully saturated rings. The van der Waals surface area contributed by atoms with Gasteiger partial charge in [0.05, 0.1) is 10.7 Å². The predicted molar refractivity (Wildman–Crippen MR) is 85.0 cm³/mol. The molecule has 0 radical (unpaired) electrons. The summed E-state index contributed by atoms with van der Waals surface area (Å²) in [6.07, 6.45) is 3.49. The summed E-state index contributed by atoms with van der Waals surface area (Å²) in [5.41, 5.74) is 2.21. The first-order valence-electron chi connectivity index (χ1n) is 6.28. The predicted octanol–water partition coefficient (Wildman–Crippen LogP) is 4.20. The Morgan fingerprint density at radius 3 is 2.71 bits per heavy atom. The lowest BCUT2D eigenvalue weighted by atomic mass is 10.2. The van der Waals surface area contributed by atoms with Crippen molar-refractivity contribution in [1.82, 2.24) is 4.98 Å². The van der Waals surface area contributed by atoms with Crippen molar-refractivity contribution in [2.24, 2.45) is 0 Å². The van der Waals surface area contributed by atoms with Crippen molar-refractivity contribution in [1.29, 1.82) is 5.26 Å². The molecule has 1 N–H and O–H groups in total. The Balaban J connectivity index is 2.39. The molecular formula is C16H14FN3S. The molecule has 1 heterocycles. The Hall–Kier alpha value is -2.32. The summed E-state index contributed by atoms with van der Waals surface area (Å²) in [5, 5.41) is 13.1. The fraction of sp³-hybridized carbons (Fsp3) is 0.125. The molecule has 0 saturated carbocycles. The molecule has 2 rings (SSSR count). The van der Waals surface area contributed by atoms with Gasteiger partial charge in [0.15, 0.2) is 0 Å². The fourth-order valence-corrected chi connectivity index (χ4v) is 2.33. The van der Waals surface area contributed by atoms with Crippen molar-refractivity contribution >= 4 is 23.0 Å². The third-order valence-electron chi connectivity index (χ3n) is 2.89. The third kappa shape index (κ3) is 3.61. The smallest absolute Gasteiger partial charge is 0.128 e. The molecule has 3 nitrogen and oxygen atoms in total. The van der Waals surface area contributed by atoms with Gasteiger partial charge in [0.1, 0.15) is 17.5 Å². The minimum atomic E-state index is -0.281. The van der Waals surface area contributed by atoms with Crippen LogP contribution in [0.3, 0.4) is 0 Å². The fourth-order valence-electron chi connectivity index (χ4n) is 1.75. The Morgan fingerprint density at radius 1 is 1.33 bits per heavy atom. The number of thioether (sulfide) groups is 1. The SMILES string of the molecule is CSC(Nc1ccc(C)c(F)c1)=C(C#N)c1ccccn1. The van der Waals surface area contributed by atoms with Crippen molar-refractivity contribution < 1.29 is 4.39 Å². The van der Waals surface area contributed by atoms with Crippen LogP contribution in [-0.2, 0) is 0 Å². The number of nitriles is 1. The first-order valence-corrected chi connectivity index (χ1v) is 7.51. The second-order valence-electron chi connectivity index (χ2n) is 4.32. The summed E-state index contributed by atoms with van der Waals surface area (Å²) >= 11 is 1.39. The molecule has 0 aliphatic carbocycles. The van der Waals surface area contributed by atoms with Gasteiger partial charge < -0.3 is 5.32 Å². The molecular weight excluding hydrogens is 285 g/mol. The number of nitrogens with zero attached hydrogens (tertiary/aromatic N) is 2. The lowest BCUT2D eigenvalue weighted by molar-refractivity contribution is 0.619. The molecule has 1 aromatic carbocycles. The summed E-state index contributed by atoms with van der Waals surface area (Å²) in [7, 11) is 0. The Bertz CT molecular complexity index is 705. The lowest BCUT2D eigenvalue weighted by Crippen LogP contribution is -2.01. The molecule has 0 aliphatic heterocycles. The van der Waals surface area contributed by atoms with E-state index in [4.69, 9.17) is 0 Å². The van der Waals surface area contributed by atoms with E-state index >= 15 is 0 Å². The normalized spacial score (nSPS) is 11.5. The number of hydrogen-bond donors (Lipinski definition) is 1. The van der Waals surface area contributed by atoms with Crippen LogP contribution in [0.4, 0.5) is 10.1 Å². The molecule has 1 aromatic heterocycles. The lowest BCUT2D eigenvalue weighted by Gasteiger charge is -2.11. The largest absolute Gasteiger partial charge is 0.349 e. The summed E-state index contributed by atoms with van der Waals surface area (Å²) in [6.45, 7) is 1.71.